The fourth-order valence-corrected chi connectivity index (χ4v) is 5.32. The summed E-state index contributed by atoms with van der Waals surface area (Å²) in [7, 11) is 1.67. The van der Waals surface area contributed by atoms with Gasteiger partial charge in [0.2, 0.25) is 0 Å². The molecule has 0 saturated heterocycles. The van der Waals surface area contributed by atoms with Crippen molar-refractivity contribution < 1.29 is 9.84 Å². The van der Waals surface area contributed by atoms with Crippen molar-refractivity contribution in [1.82, 2.24) is 9.78 Å². The lowest BCUT2D eigenvalue weighted by molar-refractivity contribution is 0.172. The molecule has 0 radical (unpaired) electrons. The Hall–Kier alpha value is -0.340. The van der Waals surface area contributed by atoms with Gasteiger partial charge in [0.1, 0.15) is 6.10 Å². The summed E-state index contributed by atoms with van der Waals surface area (Å²) in [6.45, 7) is 1.21. The van der Waals surface area contributed by atoms with Crippen molar-refractivity contribution in [1.29, 1.82) is 0 Å². The molecular formula is C14H17BrN2O2S2. The van der Waals surface area contributed by atoms with E-state index in [-0.39, 0.29) is 0 Å². The molecule has 0 amide bonds. The van der Waals surface area contributed by atoms with Crippen LogP contribution in [-0.4, -0.2) is 34.4 Å². The van der Waals surface area contributed by atoms with Gasteiger partial charge in [0.15, 0.2) is 0 Å². The SMILES string of the molecule is COCCn1ncc(Br)c1C(O)c1cc2c(s1)CCSC2. The van der Waals surface area contributed by atoms with Gasteiger partial charge >= 0.3 is 0 Å². The highest BCUT2D eigenvalue weighted by atomic mass is 79.9. The molecule has 1 aliphatic rings. The Labute approximate surface area is 140 Å². The first-order valence-electron chi connectivity index (χ1n) is 6.78. The van der Waals surface area contributed by atoms with Crippen LogP contribution in [0, 0.1) is 0 Å². The summed E-state index contributed by atoms with van der Waals surface area (Å²) in [5.74, 6) is 2.24. The number of halogens is 1. The van der Waals surface area contributed by atoms with Gasteiger partial charge in [0.05, 0.1) is 29.5 Å². The van der Waals surface area contributed by atoms with Crippen LogP contribution in [0.15, 0.2) is 16.7 Å². The molecule has 4 nitrogen and oxygen atoms in total. The minimum Gasteiger partial charge on any atom is -0.383 e. The van der Waals surface area contributed by atoms with Gasteiger partial charge < -0.3 is 9.84 Å². The van der Waals surface area contributed by atoms with Gasteiger partial charge in [0, 0.05) is 22.6 Å². The van der Waals surface area contributed by atoms with Crippen LogP contribution >= 0.6 is 39.0 Å². The maximum Gasteiger partial charge on any atom is 0.131 e. The largest absolute Gasteiger partial charge is 0.383 e. The van der Waals surface area contributed by atoms with E-state index in [0.717, 1.165) is 27.2 Å². The maximum absolute atomic E-state index is 10.8. The van der Waals surface area contributed by atoms with E-state index in [1.807, 2.05) is 16.4 Å². The average molecular weight is 389 g/mol. The molecule has 3 rings (SSSR count). The molecule has 2 aromatic rings. The molecule has 1 aliphatic heterocycles. The number of thiophene rings is 1. The monoisotopic (exact) mass is 388 g/mol. The number of hydrogen-bond donors (Lipinski definition) is 1. The lowest BCUT2D eigenvalue weighted by Gasteiger charge is -2.12. The molecule has 114 valence electrons. The first kappa shape index (κ1) is 15.6. The Morgan fingerprint density at radius 2 is 2.43 bits per heavy atom. The van der Waals surface area contributed by atoms with Gasteiger partial charge in [-0.05, 0) is 39.7 Å². The van der Waals surface area contributed by atoms with Crippen molar-refractivity contribution in [3.05, 3.63) is 37.7 Å². The van der Waals surface area contributed by atoms with E-state index in [1.165, 1.54) is 16.2 Å². The Morgan fingerprint density at radius 3 is 3.19 bits per heavy atom. The third kappa shape index (κ3) is 3.22. The molecular weight excluding hydrogens is 372 g/mol. The Kier molecular flexibility index (Phi) is 5.06. The summed E-state index contributed by atoms with van der Waals surface area (Å²) in [6, 6.07) is 2.15. The van der Waals surface area contributed by atoms with Gasteiger partial charge in [-0.25, -0.2) is 0 Å². The number of aliphatic hydroxyl groups is 1. The number of aliphatic hydroxyl groups excluding tert-OH is 1. The van der Waals surface area contributed by atoms with E-state index in [2.05, 4.69) is 27.1 Å². The predicted octanol–water partition coefficient (Wildman–Crippen LogP) is 3.22. The molecule has 1 N–H and O–H groups in total. The highest BCUT2D eigenvalue weighted by Gasteiger charge is 2.23. The molecule has 1 atom stereocenters. The van der Waals surface area contributed by atoms with Crippen LogP contribution < -0.4 is 0 Å². The average Bonchev–Trinajstić information content (AvgIpc) is 3.08. The smallest absolute Gasteiger partial charge is 0.131 e. The zero-order valence-electron chi connectivity index (χ0n) is 11.7. The zero-order valence-corrected chi connectivity index (χ0v) is 14.9. The molecule has 0 spiro atoms. The van der Waals surface area contributed by atoms with Crippen LogP contribution in [0.25, 0.3) is 0 Å². The Morgan fingerprint density at radius 1 is 1.57 bits per heavy atom. The topological polar surface area (TPSA) is 47.3 Å². The number of aryl methyl sites for hydroxylation is 1. The van der Waals surface area contributed by atoms with Crippen molar-refractivity contribution >= 4 is 39.0 Å². The molecule has 3 heterocycles. The molecule has 21 heavy (non-hydrogen) atoms. The molecule has 0 saturated carbocycles. The summed E-state index contributed by atoms with van der Waals surface area (Å²) in [5, 5.41) is 15.1. The third-order valence-corrected chi connectivity index (χ3v) is 6.42. The van der Waals surface area contributed by atoms with Crippen LogP contribution in [0.3, 0.4) is 0 Å². The number of thioether (sulfide) groups is 1. The van der Waals surface area contributed by atoms with E-state index in [1.54, 1.807) is 24.6 Å². The lowest BCUT2D eigenvalue weighted by Crippen LogP contribution is -2.13. The van der Waals surface area contributed by atoms with Crippen LogP contribution in [-0.2, 0) is 23.5 Å². The van der Waals surface area contributed by atoms with Crippen molar-refractivity contribution in [2.24, 2.45) is 0 Å². The second kappa shape index (κ2) is 6.83. The lowest BCUT2D eigenvalue weighted by atomic mass is 10.1. The van der Waals surface area contributed by atoms with Crippen LogP contribution in [0.2, 0.25) is 0 Å². The highest BCUT2D eigenvalue weighted by molar-refractivity contribution is 9.10. The third-order valence-electron chi connectivity index (χ3n) is 3.52. The number of fused-ring (bicyclic) bond motifs is 1. The van der Waals surface area contributed by atoms with Gasteiger partial charge in [-0.1, -0.05) is 0 Å². The fraction of sp³-hybridized carbons (Fsp3) is 0.500. The van der Waals surface area contributed by atoms with E-state index < -0.39 is 6.10 Å². The molecule has 0 fully saturated rings. The first-order chi connectivity index (χ1) is 10.2. The minimum absolute atomic E-state index is 0.575. The van der Waals surface area contributed by atoms with E-state index in [0.29, 0.717) is 13.2 Å². The first-order valence-corrected chi connectivity index (χ1v) is 9.54. The molecule has 2 aromatic heterocycles. The Bertz CT molecular complexity index is 603. The highest BCUT2D eigenvalue weighted by Crippen LogP contribution is 2.38. The summed E-state index contributed by atoms with van der Waals surface area (Å²) >= 11 is 7.18. The number of nitrogens with zero attached hydrogens (tertiary/aromatic N) is 2. The fourth-order valence-electron chi connectivity index (χ4n) is 2.44. The van der Waals surface area contributed by atoms with Crippen molar-refractivity contribution in [2.75, 3.05) is 19.5 Å². The van der Waals surface area contributed by atoms with Crippen LogP contribution in [0.1, 0.15) is 27.1 Å². The molecule has 0 aliphatic carbocycles. The van der Waals surface area contributed by atoms with E-state index in [9.17, 15) is 5.11 Å². The van der Waals surface area contributed by atoms with Crippen molar-refractivity contribution in [2.45, 2.75) is 24.8 Å². The second-order valence-electron chi connectivity index (χ2n) is 4.90. The maximum atomic E-state index is 10.8. The van der Waals surface area contributed by atoms with Crippen molar-refractivity contribution in [3.8, 4) is 0 Å². The standard InChI is InChI=1S/C14H17BrN2O2S2/c1-19-4-3-17-13(10(15)7-16-17)14(18)12-6-9-8-20-5-2-11(9)21-12/h6-7,14,18H,2-5,8H2,1H3. The summed E-state index contributed by atoms with van der Waals surface area (Å²) in [6.07, 6.45) is 2.21. The van der Waals surface area contributed by atoms with Crippen molar-refractivity contribution in [3.63, 3.8) is 0 Å². The summed E-state index contributed by atoms with van der Waals surface area (Å²) < 4.78 is 7.75. The number of hydrogen-bond acceptors (Lipinski definition) is 5. The second-order valence-corrected chi connectivity index (χ2v) is 8.02. The summed E-state index contributed by atoms with van der Waals surface area (Å²) in [5.41, 5.74) is 2.18. The number of aromatic nitrogens is 2. The quantitative estimate of drug-likeness (QED) is 0.853. The van der Waals surface area contributed by atoms with Gasteiger partial charge in [-0.3, -0.25) is 4.68 Å². The van der Waals surface area contributed by atoms with Gasteiger partial charge in [-0.15, -0.1) is 11.3 Å². The number of rotatable bonds is 5. The zero-order chi connectivity index (χ0) is 14.8. The van der Waals surface area contributed by atoms with E-state index >= 15 is 0 Å². The van der Waals surface area contributed by atoms with Crippen LogP contribution in [0.5, 0.6) is 0 Å². The van der Waals surface area contributed by atoms with Crippen LogP contribution in [0.4, 0.5) is 0 Å². The van der Waals surface area contributed by atoms with E-state index in [4.69, 9.17) is 4.74 Å². The normalized spacial score (nSPS) is 16.0. The number of methoxy groups -OCH3 is 1. The van der Waals surface area contributed by atoms with Gasteiger partial charge in [0.25, 0.3) is 0 Å². The summed E-state index contributed by atoms with van der Waals surface area (Å²) in [4.78, 5) is 2.42. The number of ether oxygens (including phenoxy) is 1. The van der Waals surface area contributed by atoms with Gasteiger partial charge in [-0.2, -0.15) is 16.9 Å². The molecule has 0 aromatic carbocycles. The minimum atomic E-state index is -0.640. The predicted molar refractivity (Wildman–Crippen MR) is 90.0 cm³/mol. The Balaban J connectivity index is 1.89. The molecule has 7 heteroatoms. The molecule has 0 bridgehead atoms. The molecule has 1 unspecified atom stereocenters.